The average Bonchev–Trinajstić information content (AvgIpc) is 3.02. The number of hydrogen-bond donors (Lipinski definition) is 1. The van der Waals surface area contributed by atoms with Gasteiger partial charge in [0.15, 0.2) is 0 Å². The van der Waals surface area contributed by atoms with Crippen molar-refractivity contribution in [2.24, 2.45) is 11.3 Å². The Morgan fingerprint density at radius 2 is 2.00 bits per heavy atom. The van der Waals surface area contributed by atoms with Crippen LogP contribution >= 0.6 is 15.9 Å². The van der Waals surface area contributed by atoms with Gasteiger partial charge >= 0.3 is 0 Å². The Morgan fingerprint density at radius 3 is 2.67 bits per heavy atom. The third-order valence-electron chi connectivity index (χ3n) is 5.00. The number of hydrogen-bond acceptors (Lipinski definition) is 1. The number of carbonyl (C=O) groups excluding carboxylic acids is 1. The molecule has 0 bridgehead atoms. The van der Waals surface area contributed by atoms with Crippen molar-refractivity contribution < 1.29 is 4.79 Å². The fourth-order valence-electron chi connectivity index (χ4n) is 4.21. The fourth-order valence-corrected chi connectivity index (χ4v) is 5.14. The average molecular weight is 350 g/mol. The summed E-state index contributed by atoms with van der Waals surface area (Å²) in [5.74, 6) is 0.840. The van der Waals surface area contributed by atoms with E-state index in [-0.39, 0.29) is 5.91 Å². The Balaban J connectivity index is 1.88. The zero-order chi connectivity index (χ0) is 15.0. The van der Waals surface area contributed by atoms with E-state index in [9.17, 15) is 4.79 Å². The van der Waals surface area contributed by atoms with Gasteiger partial charge in [-0.05, 0) is 47.8 Å². The molecular formula is C18H24BrNO. The number of alkyl halides is 1. The Kier molecular flexibility index (Phi) is 4.13. The van der Waals surface area contributed by atoms with E-state index in [0.29, 0.717) is 16.7 Å². The molecule has 1 saturated carbocycles. The van der Waals surface area contributed by atoms with Crippen molar-refractivity contribution in [3.05, 3.63) is 29.3 Å². The predicted molar refractivity (Wildman–Crippen MR) is 90.8 cm³/mol. The van der Waals surface area contributed by atoms with Crippen LogP contribution in [0.5, 0.6) is 0 Å². The first-order valence-corrected chi connectivity index (χ1v) is 8.98. The number of anilines is 1. The molecule has 3 heteroatoms. The van der Waals surface area contributed by atoms with Gasteiger partial charge in [-0.15, -0.1) is 0 Å². The SMILES string of the molecule is CC(C)CC1(C(Br)c2ccc3c(c2)CC(=O)N3)CCCC1. The van der Waals surface area contributed by atoms with Crippen molar-refractivity contribution in [3.63, 3.8) is 0 Å². The van der Waals surface area contributed by atoms with Gasteiger partial charge in [0.05, 0.1) is 6.42 Å². The molecule has 1 aliphatic heterocycles. The third kappa shape index (κ3) is 2.90. The van der Waals surface area contributed by atoms with Crippen LogP contribution in [0, 0.1) is 11.3 Å². The maximum atomic E-state index is 11.5. The summed E-state index contributed by atoms with van der Waals surface area (Å²) in [4.78, 5) is 11.9. The summed E-state index contributed by atoms with van der Waals surface area (Å²) in [5, 5.41) is 2.92. The molecule has 3 rings (SSSR count). The van der Waals surface area contributed by atoms with Crippen molar-refractivity contribution in [2.75, 3.05) is 5.32 Å². The van der Waals surface area contributed by atoms with Crippen LogP contribution in [0.15, 0.2) is 18.2 Å². The lowest BCUT2D eigenvalue weighted by atomic mass is 9.74. The van der Waals surface area contributed by atoms with Crippen molar-refractivity contribution in [3.8, 4) is 0 Å². The molecule has 1 unspecified atom stereocenters. The second kappa shape index (κ2) is 5.75. The van der Waals surface area contributed by atoms with Crippen molar-refractivity contribution >= 4 is 27.5 Å². The fraction of sp³-hybridized carbons (Fsp3) is 0.611. The van der Waals surface area contributed by atoms with Crippen LogP contribution < -0.4 is 5.32 Å². The molecule has 2 aliphatic rings. The number of halogens is 1. The molecule has 1 amide bonds. The minimum Gasteiger partial charge on any atom is -0.326 e. The monoisotopic (exact) mass is 349 g/mol. The number of fused-ring (bicyclic) bond motifs is 1. The van der Waals surface area contributed by atoms with Crippen LogP contribution in [0.1, 0.15) is 61.9 Å². The topological polar surface area (TPSA) is 29.1 Å². The zero-order valence-corrected chi connectivity index (χ0v) is 14.5. The predicted octanol–water partition coefficient (Wildman–Crippen LogP) is 5.22. The summed E-state index contributed by atoms with van der Waals surface area (Å²) in [6, 6.07) is 6.49. The standard InChI is InChI=1S/C18H24BrNO/c1-12(2)11-18(7-3-4-8-18)17(19)13-5-6-15-14(9-13)10-16(21)20-15/h5-6,9,12,17H,3-4,7-8,10-11H2,1-2H3,(H,20,21). The summed E-state index contributed by atoms with van der Waals surface area (Å²) in [6.45, 7) is 4.65. The molecule has 1 aliphatic carbocycles. The van der Waals surface area contributed by atoms with Gasteiger partial charge in [0.2, 0.25) is 5.91 Å². The first-order valence-electron chi connectivity index (χ1n) is 8.07. The summed E-state index contributed by atoms with van der Waals surface area (Å²) in [6.07, 6.45) is 7.13. The number of rotatable bonds is 4. The van der Waals surface area contributed by atoms with Crippen molar-refractivity contribution in [2.45, 2.75) is 57.2 Å². The van der Waals surface area contributed by atoms with Gasteiger partial charge in [-0.3, -0.25) is 4.79 Å². The van der Waals surface area contributed by atoms with E-state index in [1.165, 1.54) is 37.7 Å². The van der Waals surface area contributed by atoms with E-state index in [0.717, 1.165) is 17.2 Å². The molecule has 2 nitrogen and oxygen atoms in total. The quantitative estimate of drug-likeness (QED) is 0.741. The van der Waals surface area contributed by atoms with E-state index < -0.39 is 0 Å². The highest BCUT2D eigenvalue weighted by atomic mass is 79.9. The molecule has 1 aromatic carbocycles. The molecule has 0 aromatic heterocycles. The molecule has 0 saturated heterocycles. The second-order valence-corrected chi connectivity index (χ2v) is 8.09. The van der Waals surface area contributed by atoms with Crippen LogP contribution in [0.4, 0.5) is 5.69 Å². The minimum atomic E-state index is 0.117. The van der Waals surface area contributed by atoms with Gasteiger partial charge in [-0.2, -0.15) is 0 Å². The molecule has 114 valence electrons. The molecule has 1 atom stereocenters. The lowest BCUT2D eigenvalue weighted by Gasteiger charge is -2.36. The van der Waals surface area contributed by atoms with Gasteiger partial charge in [0, 0.05) is 10.5 Å². The van der Waals surface area contributed by atoms with Gasteiger partial charge in [0.25, 0.3) is 0 Å². The normalized spacial score (nSPS) is 21.4. The summed E-state index contributed by atoms with van der Waals surface area (Å²) in [7, 11) is 0. The van der Waals surface area contributed by atoms with Crippen LogP contribution in [0.3, 0.4) is 0 Å². The molecular weight excluding hydrogens is 326 g/mol. The van der Waals surface area contributed by atoms with Gasteiger partial charge in [0.1, 0.15) is 0 Å². The highest BCUT2D eigenvalue weighted by molar-refractivity contribution is 9.09. The smallest absolute Gasteiger partial charge is 0.228 e. The van der Waals surface area contributed by atoms with Crippen molar-refractivity contribution in [1.29, 1.82) is 0 Å². The molecule has 1 heterocycles. The maximum absolute atomic E-state index is 11.5. The number of amides is 1. The summed E-state index contributed by atoms with van der Waals surface area (Å²) in [5.41, 5.74) is 3.87. The van der Waals surface area contributed by atoms with E-state index in [4.69, 9.17) is 0 Å². The van der Waals surface area contributed by atoms with Crippen LogP contribution in [-0.4, -0.2) is 5.91 Å². The lowest BCUT2D eigenvalue weighted by Crippen LogP contribution is -2.24. The van der Waals surface area contributed by atoms with E-state index in [2.05, 4.69) is 53.3 Å². The molecule has 1 fully saturated rings. The Hall–Kier alpha value is -0.830. The van der Waals surface area contributed by atoms with E-state index in [1.54, 1.807) is 0 Å². The number of nitrogens with one attached hydrogen (secondary N) is 1. The minimum absolute atomic E-state index is 0.117. The maximum Gasteiger partial charge on any atom is 0.228 e. The third-order valence-corrected chi connectivity index (χ3v) is 6.50. The van der Waals surface area contributed by atoms with Gasteiger partial charge in [-0.25, -0.2) is 0 Å². The van der Waals surface area contributed by atoms with Gasteiger partial charge < -0.3 is 5.32 Å². The Bertz CT molecular complexity index is 546. The number of benzene rings is 1. The van der Waals surface area contributed by atoms with Crippen LogP contribution in [0.2, 0.25) is 0 Å². The Morgan fingerprint density at radius 1 is 1.29 bits per heavy atom. The first kappa shape index (κ1) is 15.1. The van der Waals surface area contributed by atoms with Crippen LogP contribution in [0.25, 0.3) is 0 Å². The summed E-state index contributed by atoms with van der Waals surface area (Å²) >= 11 is 4.02. The van der Waals surface area contributed by atoms with Gasteiger partial charge in [-0.1, -0.05) is 54.8 Å². The second-order valence-electron chi connectivity index (χ2n) is 7.17. The summed E-state index contributed by atoms with van der Waals surface area (Å²) < 4.78 is 0. The first-order chi connectivity index (χ1) is 10.00. The highest BCUT2D eigenvalue weighted by Crippen LogP contribution is 2.55. The molecule has 21 heavy (non-hydrogen) atoms. The molecule has 1 aromatic rings. The van der Waals surface area contributed by atoms with E-state index in [1.807, 2.05) is 0 Å². The largest absolute Gasteiger partial charge is 0.326 e. The van der Waals surface area contributed by atoms with E-state index >= 15 is 0 Å². The molecule has 1 N–H and O–H groups in total. The van der Waals surface area contributed by atoms with Crippen LogP contribution in [-0.2, 0) is 11.2 Å². The highest BCUT2D eigenvalue weighted by Gasteiger charge is 2.41. The molecule has 0 radical (unpaired) electrons. The van der Waals surface area contributed by atoms with Crippen molar-refractivity contribution in [1.82, 2.24) is 0 Å². The zero-order valence-electron chi connectivity index (χ0n) is 12.9. The Labute approximate surface area is 135 Å². The molecule has 0 spiro atoms. The lowest BCUT2D eigenvalue weighted by molar-refractivity contribution is -0.115. The number of carbonyl (C=O) groups is 1.